The molecule has 1 aromatic carbocycles. The van der Waals surface area contributed by atoms with E-state index in [2.05, 4.69) is 16.9 Å². The van der Waals surface area contributed by atoms with E-state index >= 15 is 0 Å². The maximum Gasteiger partial charge on any atom is 0.416 e. The van der Waals surface area contributed by atoms with Gasteiger partial charge in [-0.3, -0.25) is 0 Å². The number of nitrogens with one attached hydrogen (secondary N) is 1. The Hall–Kier alpha value is -1.87. The molecule has 144 valence electrons. The lowest BCUT2D eigenvalue weighted by molar-refractivity contribution is -0.610. The fourth-order valence-electron chi connectivity index (χ4n) is 2.74. The molecule has 2 aromatic heterocycles. The van der Waals surface area contributed by atoms with E-state index in [0.717, 1.165) is 34.9 Å². The van der Waals surface area contributed by atoms with Gasteiger partial charge in [0.25, 0.3) is 0 Å². The summed E-state index contributed by atoms with van der Waals surface area (Å²) in [6.07, 6.45) is -2.57. The van der Waals surface area contributed by atoms with Gasteiger partial charge in [-0.25, -0.2) is 9.55 Å². The molecule has 4 nitrogen and oxygen atoms in total. The highest BCUT2D eigenvalue weighted by atomic mass is 33.1. The Balaban J connectivity index is 2.08. The van der Waals surface area contributed by atoms with Crippen LogP contribution in [0.15, 0.2) is 30.5 Å². The van der Waals surface area contributed by atoms with Gasteiger partial charge in [0.2, 0.25) is 0 Å². The van der Waals surface area contributed by atoms with Crippen molar-refractivity contribution in [1.29, 1.82) is 0 Å². The zero-order valence-electron chi connectivity index (χ0n) is 15.1. The molecule has 0 atom stereocenters. The van der Waals surface area contributed by atoms with Crippen LogP contribution in [0.25, 0.3) is 17.0 Å². The molecule has 0 unspecified atom stereocenters. The molecule has 2 heterocycles. The zero-order chi connectivity index (χ0) is 19.6. The lowest BCUT2D eigenvalue weighted by Crippen LogP contribution is -2.37. The number of ether oxygens (including phenoxy) is 1. The van der Waals surface area contributed by atoms with Crippen molar-refractivity contribution in [2.24, 2.45) is 0 Å². The summed E-state index contributed by atoms with van der Waals surface area (Å²) in [5, 5.41) is 0. The number of halogens is 3. The van der Waals surface area contributed by atoms with Gasteiger partial charge >= 0.3 is 12.1 Å². The summed E-state index contributed by atoms with van der Waals surface area (Å²) in [4.78, 5) is 7.49. The van der Waals surface area contributed by atoms with E-state index in [9.17, 15) is 13.2 Å². The molecule has 0 aliphatic carbocycles. The predicted molar refractivity (Wildman–Crippen MR) is 103 cm³/mol. The molecule has 0 aliphatic heterocycles. The summed E-state index contributed by atoms with van der Waals surface area (Å²) >= 11 is 0. The lowest BCUT2D eigenvalue weighted by atomic mass is 10.2. The molecule has 0 saturated heterocycles. The van der Waals surface area contributed by atoms with Gasteiger partial charge in [-0.05, 0) is 25.1 Å². The zero-order valence-corrected chi connectivity index (χ0v) is 16.7. The number of methoxy groups -OCH3 is 1. The van der Waals surface area contributed by atoms with Crippen molar-refractivity contribution in [3.05, 3.63) is 47.3 Å². The molecule has 0 radical (unpaired) electrons. The molecule has 0 saturated carbocycles. The third-order valence-electron chi connectivity index (χ3n) is 4.11. The van der Waals surface area contributed by atoms with Gasteiger partial charge in [0, 0.05) is 17.4 Å². The van der Waals surface area contributed by atoms with Gasteiger partial charge in [0.1, 0.15) is 17.0 Å². The van der Waals surface area contributed by atoms with Crippen molar-refractivity contribution < 1.29 is 22.5 Å². The summed E-state index contributed by atoms with van der Waals surface area (Å²) in [7, 11) is 5.07. The van der Waals surface area contributed by atoms with Crippen LogP contribution in [0, 0.1) is 6.92 Å². The van der Waals surface area contributed by atoms with Crippen LogP contribution in [0.3, 0.4) is 0 Å². The van der Waals surface area contributed by atoms with Crippen LogP contribution in [0.5, 0.6) is 5.75 Å². The quantitative estimate of drug-likeness (QED) is 0.347. The third kappa shape index (κ3) is 4.19. The van der Waals surface area contributed by atoms with E-state index < -0.39 is 11.7 Å². The maximum absolute atomic E-state index is 13.0. The Morgan fingerprint density at radius 2 is 2.00 bits per heavy atom. The molecular weight excluding hydrogens is 395 g/mol. The van der Waals surface area contributed by atoms with E-state index in [1.54, 1.807) is 28.7 Å². The topological polar surface area (TPSA) is 41.8 Å². The second kappa shape index (κ2) is 8.02. The van der Waals surface area contributed by atoms with Crippen molar-refractivity contribution in [3.8, 4) is 11.7 Å². The first kappa shape index (κ1) is 19.9. The van der Waals surface area contributed by atoms with Crippen LogP contribution in [0.4, 0.5) is 13.2 Å². The average Bonchev–Trinajstić information content (AvgIpc) is 3.05. The summed E-state index contributed by atoms with van der Waals surface area (Å²) < 4.78 is 46.2. The van der Waals surface area contributed by atoms with Crippen LogP contribution in [0.1, 0.15) is 23.7 Å². The van der Waals surface area contributed by atoms with Crippen molar-refractivity contribution >= 4 is 32.6 Å². The van der Waals surface area contributed by atoms with Gasteiger partial charge in [-0.15, -0.1) is 0 Å². The number of alkyl halides is 3. The molecule has 27 heavy (non-hydrogen) atoms. The highest BCUT2D eigenvalue weighted by molar-refractivity contribution is 8.76. The van der Waals surface area contributed by atoms with Gasteiger partial charge in [-0.1, -0.05) is 33.5 Å². The Morgan fingerprint density at radius 3 is 2.67 bits per heavy atom. The summed E-state index contributed by atoms with van der Waals surface area (Å²) in [5.41, 5.74) is 2.09. The second-order valence-electron chi connectivity index (χ2n) is 5.78. The van der Waals surface area contributed by atoms with E-state index in [1.807, 2.05) is 23.8 Å². The number of H-pyrrole nitrogens is 1. The Morgan fingerprint density at radius 1 is 1.22 bits per heavy atom. The molecule has 0 spiro atoms. The van der Waals surface area contributed by atoms with Crippen LogP contribution < -0.4 is 9.30 Å². The monoisotopic (exact) mass is 414 g/mol. The van der Waals surface area contributed by atoms with Crippen LogP contribution in [-0.2, 0) is 11.9 Å². The van der Waals surface area contributed by atoms with Gasteiger partial charge in [0.15, 0.2) is 5.52 Å². The predicted octanol–water partition coefficient (Wildman–Crippen LogP) is 5.08. The highest BCUT2D eigenvalue weighted by Gasteiger charge is 2.31. The number of nitrogens with zero attached hydrogens (tertiary/aromatic N) is 2. The summed E-state index contributed by atoms with van der Waals surface area (Å²) in [5.74, 6) is 2.94. The first-order valence-electron chi connectivity index (χ1n) is 8.25. The molecule has 0 bridgehead atoms. The lowest BCUT2D eigenvalue weighted by Gasteiger charge is -2.12. The molecular formula is C18H19F3N3OS2+. The minimum atomic E-state index is -4.39. The van der Waals surface area contributed by atoms with Crippen molar-refractivity contribution in [3.63, 3.8) is 0 Å². The smallest absolute Gasteiger partial charge is 0.416 e. The SMILES string of the molecule is CCSSCc1c(C)c(OC)cc[n+]1-c1nc2ccc(C(F)(F)F)cc2[nH]1. The van der Waals surface area contributed by atoms with Gasteiger partial charge < -0.3 is 4.74 Å². The normalized spacial score (nSPS) is 11.9. The molecule has 9 heteroatoms. The number of benzene rings is 1. The van der Waals surface area contributed by atoms with Crippen molar-refractivity contribution in [1.82, 2.24) is 9.97 Å². The first-order valence-corrected chi connectivity index (χ1v) is 10.7. The Labute approximate surface area is 162 Å². The number of hydrogen-bond donors (Lipinski definition) is 1. The molecule has 3 aromatic rings. The summed E-state index contributed by atoms with van der Waals surface area (Å²) in [6.45, 7) is 4.05. The third-order valence-corrected chi connectivity index (χ3v) is 6.46. The highest BCUT2D eigenvalue weighted by Crippen LogP contribution is 2.31. The standard InChI is InChI=1S/C18H19F3N3OS2/c1-4-26-27-10-15-11(2)16(25-3)7-8-24(15)17-22-13-6-5-12(18(19,20)21)9-14(13)23-17/h5-9H,4,10H2,1-3H3,(H,22,23)/q+1. The number of imidazole rings is 1. The number of aromatic amines is 1. The fourth-order valence-corrected chi connectivity index (χ4v) is 4.55. The number of fused-ring (bicyclic) bond motifs is 1. The van der Waals surface area contributed by atoms with Crippen molar-refractivity contribution in [2.45, 2.75) is 25.8 Å². The van der Waals surface area contributed by atoms with Gasteiger partial charge in [0.05, 0.1) is 24.6 Å². The van der Waals surface area contributed by atoms with E-state index in [1.165, 1.54) is 6.07 Å². The molecule has 0 amide bonds. The number of aromatic nitrogens is 3. The second-order valence-corrected chi connectivity index (χ2v) is 8.54. The number of hydrogen-bond acceptors (Lipinski definition) is 4. The molecule has 0 aliphatic rings. The average molecular weight is 414 g/mol. The van der Waals surface area contributed by atoms with Gasteiger partial charge in [-0.2, -0.15) is 13.2 Å². The Bertz CT molecular complexity index is 957. The van der Waals surface area contributed by atoms with Crippen LogP contribution >= 0.6 is 21.6 Å². The molecule has 3 rings (SSSR count). The number of rotatable bonds is 6. The van der Waals surface area contributed by atoms with Crippen molar-refractivity contribution in [2.75, 3.05) is 12.9 Å². The fraction of sp³-hybridized carbons (Fsp3) is 0.333. The molecule has 1 N–H and O–H groups in total. The molecule has 0 fully saturated rings. The maximum atomic E-state index is 13.0. The van der Waals surface area contributed by atoms with E-state index in [4.69, 9.17) is 4.74 Å². The minimum Gasteiger partial charge on any atom is -0.496 e. The summed E-state index contributed by atoms with van der Waals surface area (Å²) in [6, 6.07) is 5.34. The number of pyridine rings is 1. The minimum absolute atomic E-state index is 0.349. The van der Waals surface area contributed by atoms with E-state index in [-0.39, 0.29) is 0 Å². The Kier molecular flexibility index (Phi) is 5.90. The van der Waals surface area contributed by atoms with Crippen LogP contribution in [0.2, 0.25) is 0 Å². The first-order chi connectivity index (χ1) is 12.8. The van der Waals surface area contributed by atoms with E-state index in [0.29, 0.717) is 22.7 Å². The van der Waals surface area contributed by atoms with Crippen LogP contribution in [-0.4, -0.2) is 22.8 Å². The largest absolute Gasteiger partial charge is 0.496 e.